The van der Waals surface area contributed by atoms with Crippen LogP contribution in [0, 0.1) is 11.3 Å². The number of ketones is 1. The maximum atomic E-state index is 13.2. The first-order valence-electron chi connectivity index (χ1n) is 14.8. The number of aldehydes is 1. The van der Waals surface area contributed by atoms with E-state index < -0.39 is 0 Å². The lowest BCUT2D eigenvalue weighted by molar-refractivity contribution is -0.112. The summed E-state index contributed by atoms with van der Waals surface area (Å²) in [5, 5.41) is 8.74. The Morgan fingerprint density at radius 1 is 0.925 bits per heavy atom. The van der Waals surface area contributed by atoms with Gasteiger partial charge in [-0.3, -0.25) is 10.2 Å². The van der Waals surface area contributed by atoms with Gasteiger partial charge >= 0.3 is 0 Å². The van der Waals surface area contributed by atoms with Crippen LogP contribution in [0.2, 0.25) is 0 Å². The van der Waals surface area contributed by atoms with Crippen LogP contribution < -0.4 is 0 Å². The van der Waals surface area contributed by atoms with E-state index in [-0.39, 0.29) is 17.9 Å². The third kappa shape index (κ3) is 8.24. The molecule has 1 aliphatic heterocycles. The largest absolute Gasteiger partial charge is 0.375 e. The number of allylic oxidation sites excluding steroid dienone is 12. The molecule has 0 saturated carbocycles. The summed E-state index contributed by atoms with van der Waals surface area (Å²) in [4.78, 5) is 26.5. The molecule has 2 aliphatic carbocycles. The summed E-state index contributed by atoms with van der Waals surface area (Å²) in [5.74, 6) is 0.469. The second-order valence-electron chi connectivity index (χ2n) is 11.8. The summed E-state index contributed by atoms with van der Waals surface area (Å²) in [7, 11) is 0. The molecule has 1 heterocycles. The summed E-state index contributed by atoms with van der Waals surface area (Å²) in [6.45, 7) is 8.46. The van der Waals surface area contributed by atoms with Crippen molar-refractivity contribution >= 4 is 23.4 Å². The molecule has 1 fully saturated rings. The summed E-state index contributed by atoms with van der Waals surface area (Å²) in [6.07, 6.45) is 22.0. The number of nitrogens with zero attached hydrogens (tertiary/aromatic N) is 1. The molecule has 0 amide bonds. The average molecular weight is 537 g/mol. The predicted octanol–water partition coefficient (Wildman–Crippen LogP) is 8.13. The minimum atomic E-state index is -0.158. The Labute approximate surface area is 240 Å². The first kappa shape index (κ1) is 29.5. The Bertz CT molecular complexity index is 1300. The van der Waals surface area contributed by atoms with Crippen LogP contribution in [0.1, 0.15) is 83.3 Å². The molecule has 1 aromatic carbocycles. The molecule has 1 aromatic rings. The second kappa shape index (κ2) is 14.2. The fraction of sp³-hybridized carbons (Fsp3) is 0.417. The van der Waals surface area contributed by atoms with E-state index in [0.29, 0.717) is 17.9 Å². The SMILES string of the molecule is CC1=CC(C(=N)C(=O)Cc2ccc(C3=CC=C(C)CC(C)=C3)cc2)=CC=C(N2CCCC(CCC=O)CC2)CC1. The van der Waals surface area contributed by atoms with Crippen LogP contribution in [0.5, 0.6) is 0 Å². The fourth-order valence-electron chi connectivity index (χ4n) is 5.97. The molecule has 1 unspecified atom stereocenters. The van der Waals surface area contributed by atoms with Crippen LogP contribution in [0.3, 0.4) is 0 Å². The quantitative estimate of drug-likeness (QED) is 0.256. The third-order valence-electron chi connectivity index (χ3n) is 8.31. The van der Waals surface area contributed by atoms with Gasteiger partial charge in [0.1, 0.15) is 12.0 Å². The Kier molecular flexibility index (Phi) is 10.5. The van der Waals surface area contributed by atoms with Gasteiger partial charge in [0.15, 0.2) is 5.78 Å². The molecule has 1 atom stereocenters. The van der Waals surface area contributed by atoms with E-state index in [2.05, 4.69) is 62.1 Å². The number of Topliss-reactive ketones (excluding diaryl/α,β-unsaturated/α-hetero) is 1. The number of nitrogens with one attached hydrogen (secondary N) is 1. The fourth-order valence-corrected chi connectivity index (χ4v) is 5.97. The van der Waals surface area contributed by atoms with Gasteiger partial charge in [-0.2, -0.15) is 0 Å². The molecule has 40 heavy (non-hydrogen) atoms. The van der Waals surface area contributed by atoms with Crippen molar-refractivity contribution in [1.29, 1.82) is 5.41 Å². The minimum Gasteiger partial charge on any atom is -0.375 e. The zero-order chi connectivity index (χ0) is 28.5. The van der Waals surface area contributed by atoms with Crippen LogP contribution in [0.25, 0.3) is 5.57 Å². The van der Waals surface area contributed by atoms with Gasteiger partial charge in [-0.1, -0.05) is 71.4 Å². The van der Waals surface area contributed by atoms with E-state index in [1.165, 1.54) is 34.4 Å². The van der Waals surface area contributed by atoms with E-state index in [0.717, 1.165) is 69.0 Å². The molecule has 3 aliphatic rings. The lowest BCUT2D eigenvalue weighted by Crippen LogP contribution is -2.25. The van der Waals surface area contributed by atoms with E-state index in [1.54, 1.807) is 0 Å². The van der Waals surface area contributed by atoms with Crippen LogP contribution in [-0.4, -0.2) is 35.8 Å². The van der Waals surface area contributed by atoms with Crippen molar-refractivity contribution in [2.24, 2.45) is 5.92 Å². The molecular weight excluding hydrogens is 492 g/mol. The summed E-state index contributed by atoms with van der Waals surface area (Å²) in [5.41, 5.74) is 9.21. The van der Waals surface area contributed by atoms with Gasteiger partial charge in [-0.15, -0.1) is 0 Å². The van der Waals surface area contributed by atoms with Crippen LogP contribution >= 0.6 is 0 Å². The van der Waals surface area contributed by atoms with Crippen molar-refractivity contribution in [2.75, 3.05) is 13.1 Å². The van der Waals surface area contributed by atoms with Crippen molar-refractivity contribution in [3.63, 3.8) is 0 Å². The second-order valence-corrected chi connectivity index (χ2v) is 11.8. The summed E-state index contributed by atoms with van der Waals surface area (Å²) in [6, 6.07) is 8.18. The first-order valence-corrected chi connectivity index (χ1v) is 14.8. The molecule has 210 valence electrons. The summed E-state index contributed by atoms with van der Waals surface area (Å²) >= 11 is 0. The molecular formula is C36H44N2O2. The highest BCUT2D eigenvalue weighted by atomic mass is 16.1. The van der Waals surface area contributed by atoms with Crippen LogP contribution in [-0.2, 0) is 16.0 Å². The molecule has 1 saturated heterocycles. The Morgan fingerprint density at radius 3 is 2.50 bits per heavy atom. The Morgan fingerprint density at radius 2 is 1.73 bits per heavy atom. The highest BCUT2D eigenvalue weighted by molar-refractivity contribution is 6.46. The molecule has 0 spiro atoms. The topological polar surface area (TPSA) is 61.2 Å². The molecule has 0 radical (unpaired) electrons. The number of carbonyl (C=O) groups is 2. The van der Waals surface area contributed by atoms with Gasteiger partial charge in [-0.25, -0.2) is 0 Å². The average Bonchev–Trinajstić information content (AvgIpc) is 3.27. The number of rotatable bonds is 9. The summed E-state index contributed by atoms with van der Waals surface area (Å²) < 4.78 is 0. The Balaban J connectivity index is 1.43. The predicted molar refractivity (Wildman–Crippen MR) is 166 cm³/mol. The monoisotopic (exact) mass is 536 g/mol. The maximum Gasteiger partial charge on any atom is 0.185 e. The van der Waals surface area contributed by atoms with Gasteiger partial charge in [0.2, 0.25) is 0 Å². The van der Waals surface area contributed by atoms with E-state index >= 15 is 0 Å². The van der Waals surface area contributed by atoms with Crippen molar-refractivity contribution < 1.29 is 9.59 Å². The minimum absolute atomic E-state index is 0.0800. The number of likely N-dealkylation sites (tertiary alicyclic amines) is 1. The van der Waals surface area contributed by atoms with Gasteiger partial charge in [0.05, 0.1) is 0 Å². The smallest absolute Gasteiger partial charge is 0.185 e. The molecule has 1 N–H and O–H groups in total. The molecule has 4 heteroatoms. The molecule has 4 nitrogen and oxygen atoms in total. The standard InChI is InChI=1S/C36H44N2O2/c1-26-8-12-32(24-28(3)22-26)31-13-10-30(11-14-31)25-35(40)36(37)33-15-17-34(16-9-27(2)23-33)38-19-4-6-29(18-20-38)7-5-21-39/h8,10-15,17,21,23-24,29,37H,4-7,9,16,18-20,22,25H2,1-3H3. The van der Waals surface area contributed by atoms with E-state index in [4.69, 9.17) is 5.41 Å². The lowest BCUT2D eigenvalue weighted by Gasteiger charge is -2.27. The zero-order valence-corrected chi connectivity index (χ0v) is 24.5. The van der Waals surface area contributed by atoms with E-state index in [9.17, 15) is 9.59 Å². The zero-order valence-electron chi connectivity index (χ0n) is 24.5. The normalized spacial score (nSPS) is 20.3. The Hall–Kier alpha value is -3.53. The van der Waals surface area contributed by atoms with Gasteiger partial charge in [-0.05, 0) is 94.4 Å². The number of hydrogen-bond acceptors (Lipinski definition) is 4. The van der Waals surface area contributed by atoms with Crippen molar-refractivity contribution in [3.8, 4) is 0 Å². The maximum absolute atomic E-state index is 13.2. The first-order chi connectivity index (χ1) is 19.3. The molecule has 0 aromatic heterocycles. The number of carbonyl (C=O) groups excluding carboxylic acids is 2. The highest BCUT2D eigenvalue weighted by Gasteiger charge is 2.20. The van der Waals surface area contributed by atoms with Gasteiger partial charge < -0.3 is 9.69 Å². The molecule has 4 rings (SSSR count). The van der Waals surface area contributed by atoms with E-state index in [1.807, 2.05) is 24.3 Å². The van der Waals surface area contributed by atoms with Gasteiger partial charge in [0.25, 0.3) is 0 Å². The van der Waals surface area contributed by atoms with Gasteiger partial charge in [0, 0.05) is 37.2 Å². The van der Waals surface area contributed by atoms with Crippen molar-refractivity contribution in [1.82, 2.24) is 4.90 Å². The van der Waals surface area contributed by atoms with Crippen LogP contribution in [0.15, 0.2) is 88.7 Å². The van der Waals surface area contributed by atoms with Crippen LogP contribution in [0.4, 0.5) is 0 Å². The van der Waals surface area contributed by atoms with Crippen molar-refractivity contribution in [3.05, 3.63) is 99.8 Å². The van der Waals surface area contributed by atoms with Crippen molar-refractivity contribution in [2.45, 2.75) is 78.6 Å². The highest BCUT2D eigenvalue weighted by Crippen LogP contribution is 2.28. The third-order valence-corrected chi connectivity index (χ3v) is 8.31. The molecule has 0 bridgehead atoms. The lowest BCUT2D eigenvalue weighted by atomic mass is 9.94. The number of benzene rings is 1. The number of hydrogen-bond donors (Lipinski definition) is 1.